The highest BCUT2D eigenvalue weighted by molar-refractivity contribution is 5.82. The Morgan fingerprint density at radius 1 is 1.26 bits per heavy atom. The van der Waals surface area contributed by atoms with Gasteiger partial charge in [-0.15, -0.1) is 0 Å². The van der Waals surface area contributed by atoms with E-state index < -0.39 is 0 Å². The number of anilines is 2. The predicted octanol–water partition coefficient (Wildman–Crippen LogP) is 1.52. The molecule has 0 aliphatic carbocycles. The lowest BCUT2D eigenvalue weighted by molar-refractivity contribution is 0.0895. The number of aromatic nitrogens is 2. The van der Waals surface area contributed by atoms with Gasteiger partial charge < -0.3 is 19.9 Å². The van der Waals surface area contributed by atoms with Crippen LogP contribution in [-0.2, 0) is 11.8 Å². The summed E-state index contributed by atoms with van der Waals surface area (Å²) in [5.74, 6) is 1.05. The summed E-state index contributed by atoms with van der Waals surface area (Å²) in [5.41, 5.74) is 8.77. The van der Waals surface area contributed by atoms with E-state index in [2.05, 4.69) is 16.5 Å². The van der Waals surface area contributed by atoms with E-state index in [1.807, 2.05) is 18.2 Å². The fourth-order valence-electron chi connectivity index (χ4n) is 3.38. The van der Waals surface area contributed by atoms with E-state index in [0.717, 1.165) is 35.9 Å². The number of imidazole rings is 1. The van der Waals surface area contributed by atoms with Gasteiger partial charge >= 0.3 is 0 Å². The minimum Gasteiger partial charge on any atom is -0.399 e. The molecule has 1 aromatic carbocycles. The molecular weight excluding hydrogens is 240 g/mol. The van der Waals surface area contributed by atoms with E-state index in [1.165, 1.54) is 12.8 Å². The van der Waals surface area contributed by atoms with Crippen LogP contribution in [0.25, 0.3) is 11.0 Å². The van der Waals surface area contributed by atoms with Crippen LogP contribution in [0.2, 0.25) is 0 Å². The first kappa shape index (κ1) is 11.1. The van der Waals surface area contributed by atoms with Crippen LogP contribution in [0.5, 0.6) is 0 Å². The Kier molecular flexibility index (Phi) is 2.26. The fraction of sp³-hybridized carbons (Fsp3) is 0.500. The number of nitrogens with two attached hydrogens (primary N) is 1. The first-order chi connectivity index (χ1) is 9.24. The minimum absolute atomic E-state index is 0.478. The van der Waals surface area contributed by atoms with Crippen molar-refractivity contribution in [3.8, 4) is 0 Å². The second-order valence-electron chi connectivity index (χ2n) is 5.55. The second-order valence-corrected chi connectivity index (χ2v) is 5.55. The van der Waals surface area contributed by atoms with Crippen molar-refractivity contribution in [3.63, 3.8) is 0 Å². The molecule has 2 saturated heterocycles. The third-order valence-corrected chi connectivity index (χ3v) is 4.35. The summed E-state index contributed by atoms with van der Waals surface area (Å²) in [6, 6.07) is 6.86. The Balaban J connectivity index is 1.85. The van der Waals surface area contributed by atoms with E-state index in [-0.39, 0.29) is 0 Å². The summed E-state index contributed by atoms with van der Waals surface area (Å²) in [5, 5.41) is 0. The molecule has 2 aromatic rings. The molecule has 2 bridgehead atoms. The molecule has 5 nitrogen and oxygen atoms in total. The highest BCUT2D eigenvalue weighted by atomic mass is 16.5. The average molecular weight is 258 g/mol. The van der Waals surface area contributed by atoms with Crippen molar-refractivity contribution in [2.45, 2.75) is 24.9 Å². The Bertz CT molecular complexity index is 620. The largest absolute Gasteiger partial charge is 0.399 e. The maximum Gasteiger partial charge on any atom is 0.206 e. The van der Waals surface area contributed by atoms with Gasteiger partial charge in [-0.1, -0.05) is 0 Å². The van der Waals surface area contributed by atoms with Crippen molar-refractivity contribution in [2.75, 3.05) is 23.8 Å². The molecule has 4 rings (SSSR count). The Morgan fingerprint density at radius 3 is 2.74 bits per heavy atom. The van der Waals surface area contributed by atoms with Crippen LogP contribution in [0.3, 0.4) is 0 Å². The second kappa shape index (κ2) is 3.87. The summed E-state index contributed by atoms with van der Waals surface area (Å²) in [4.78, 5) is 7.24. The van der Waals surface area contributed by atoms with Gasteiger partial charge in [-0.2, -0.15) is 0 Å². The number of hydrogen-bond donors (Lipinski definition) is 1. The van der Waals surface area contributed by atoms with E-state index in [1.54, 1.807) is 0 Å². The van der Waals surface area contributed by atoms with Gasteiger partial charge in [0.25, 0.3) is 0 Å². The molecule has 2 aliphatic heterocycles. The molecule has 3 heterocycles. The standard InChI is InChI=1S/C14H18N4O/c1-17-13-6-9(15)2-5-12(13)16-14(17)18-10-3-4-11(18)8-19-7-10/h2,5-6,10-11H,3-4,7-8,15H2,1H3. The van der Waals surface area contributed by atoms with Gasteiger partial charge in [-0.25, -0.2) is 4.98 Å². The van der Waals surface area contributed by atoms with Crippen molar-refractivity contribution in [1.82, 2.24) is 9.55 Å². The van der Waals surface area contributed by atoms with Gasteiger partial charge in [0.05, 0.1) is 36.3 Å². The molecule has 2 unspecified atom stereocenters. The molecule has 0 radical (unpaired) electrons. The van der Waals surface area contributed by atoms with Crippen LogP contribution in [0.1, 0.15) is 12.8 Å². The first-order valence-electron chi connectivity index (χ1n) is 6.82. The van der Waals surface area contributed by atoms with Crippen LogP contribution >= 0.6 is 0 Å². The van der Waals surface area contributed by atoms with Gasteiger partial charge in [0.2, 0.25) is 5.95 Å². The van der Waals surface area contributed by atoms with Crippen LogP contribution in [0, 0.1) is 0 Å². The summed E-state index contributed by atoms with van der Waals surface area (Å²) in [7, 11) is 2.07. The molecule has 2 fully saturated rings. The zero-order valence-electron chi connectivity index (χ0n) is 11.0. The molecule has 0 amide bonds. The summed E-state index contributed by atoms with van der Waals surface area (Å²) < 4.78 is 7.80. The number of morpholine rings is 1. The highest BCUT2D eigenvalue weighted by Gasteiger charge is 2.39. The van der Waals surface area contributed by atoms with Gasteiger partial charge in [0.15, 0.2) is 0 Å². The van der Waals surface area contributed by atoms with Crippen LogP contribution in [0.15, 0.2) is 18.2 Å². The van der Waals surface area contributed by atoms with E-state index in [4.69, 9.17) is 15.5 Å². The number of fused-ring (bicyclic) bond motifs is 3. The Hall–Kier alpha value is -1.75. The Morgan fingerprint density at radius 2 is 2.00 bits per heavy atom. The van der Waals surface area contributed by atoms with E-state index in [9.17, 15) is 0 Å². The molecule has 100 valence electrons. The monoisotopic (exact) mass is 258 g/mol. The Labute approximate surface area is 112 Å². The van der Waals surface area contributed by atoms with Gasteiger partial charge in [0.1, 0.15) is 0 Å². The SMILES string of the molecule is Cn1c(N2C3CCC2COC3)nc2ccc(N)cc21. The number of benzene rings is 1. The lowest BCUT2D eigenvalue weighted by Crippen LogP contribution is -2.47. The van der Waals surface area contributed by atoms with Crippen LogP contribution in [0.4, 0.5) is 11.6 Å². The highest BCUT2D eigenvalue weighted by Crippen LogP contribution is 2.34. The average Bonchev–Trinajstić information content (AvgIpc) is 2.84. The zero-order valence-corrected chi connectivity index (χ0v) is 11.0. The van der Waals surface area contributed by atoms with Crippen molar-refractivity contribution in [1.29, 1.82) is 0 Å². The fourth-order valence-corrected chi connectivity index (χ4v) is 3.38. The van der Waals surface area contributed by atoms with Gasteiger partial charge in [-0.05, 0) is 31.0 Å². The lowest BCUT2D eigenvalue weighted by Gasteiger charge is -2.35. The van der Waals surface area contributed by atoms with Gasteiger partial charge in [-0.3, -0.25) is 0 Å². The first-order valence-corrected chi connectivity index (χ1v) is 6.82. The molecule has 0 saturated carbocycles. The van der Waals surface area contributed by atoms with Crippen molar-refractivity contribution in [3.05, 3.63) is 18.2 Å². The topological polar surface area (TPSA) is 56.3 Å². The number of ether oxygens (including phenoxy) is 1. The zero-order chi connectivity index (χ0) is 13.0. The smallest absolute Gasteiger partial charge is 0.206 e. The predicted molar refractivity (Wildman–Crippen MR) is 75.2 cm³/mol. The molecule has 1 aromatic heterocycles. The van der Waals surface area contributed by atoms with Gasteiger partial charge in [0, 0.05) is 12.7 Å². The minimum atomic E-state index is 0.478. The van der Waals surface area contributed by atoms with Crippen LogP contribution in [-0.4, -0.2) is 34.8 Å². The third kappa shape index (κ3) is 1.54. The number of hydrogen-bond acceptors (Lipinski definition) is 4. The molecule has 2 N–H and O–H groups in total. The molecule has 2 aliphatic rings. The number of nitrogens with zero attached hydrogens (tertiary/aromatic N) is 3. The molecule has 19 heavy (non-hydrogen) atoms. The van der Waals surface area contributed by atoms with Crippen molar-refractivity contribution >= 4 is 22.7 Å². The molecule has 2 atom stereocenters. The maximum atomic E-state index is 5.87. The van der Waals surface area contributed by atoms with E-state index >= 15 is 0 Å². The summed E-state index contributed by atoms with van der Waals surface area (Å²) in [6.45, 7) is 1.64. The summed E-state index contributed by atoms with van der Waals surface area (Å²) >= 11 is 0. The molecule has 0 spiro atoms. The number of aryl methyl sites for hydroxylation is 1. The van der Waals surface area contributed by atoms with Crippen molar-refractivity contribution < 1.29 is 4.74 Å². The van der Waals surface area contributed by atoms with E-state index in [0.29, 0.717) is 12.1 Å². The van der Waals surface area contributed by atoms with Crippen molar-refractivity contribution in [2.24, 2.45) is 7.05 Å². The number of rotatable bonds is 1. The quantitative estimate of drug-likeness (QED) is 0.788. The molecule has 5 heteroatoms. The van der Waals surface area contributed by atoms with Crippen LogP contribution < -0.4 is 10.6 Å². The lowest BCUT2D eigenvalue weighted by atomic mass is 10.2. The number of nitrogen functional groups attached to an aromatic ring is 1. The maximum absolute atomic E-state index is 5.87. The summed E-state index contributed by atoms with van der Waals surface area (Å²) in [6.07, 6.45) is 2.41. The third-order valence-electron chi connectivity index (χ3n) is 4.35. The molecular formula is C14H18N4O. The normalized spacial score (nSPS) is 26.3.